The highest BCUT2D eigenvalue weighted by Gasteiger charge is 2.23. The largest absolute Gasteiger partial charge is 0.393 e. The zero-order valence-corrected chi connectivity index (χ0v) is 15.4. The molecule has 0 fully saturated rings. The van der Waals surface area contributed by atoms with Gasteiger partial charge in [-0.3, -0.25) is 9.59 Å². The van der Waals surface area contributed by atoms with Crippen LogP contribution in [-0.4, -0.2) is 29.6 Å². The van der Waals surface area contributed by atoms with Crippen molar-refractivity contribution in [2.75, 3.05) is 11.9 Å². The first-order valence-electron chi connectivity index (χ1n) is 8.57. The Bertz CT molecular complexity index is 580. The highest BCUT2D eigenvalue weighted by atomic mass is 16.3. The van der Waals surface area contributed by atoms with Gasteiger partial charge in [-0.2, -0.15) is 0 Å². The van der Waals surface area contributed by atoms with Crippen LogP contribution >= 0.6 is 0 Å². The van der Waals surface area contributed by atoms with E-state index in [1.165, 1.54) is 11.1 Å². The van der Waals surface area contributed by atoms with Crippen molar-refractivity contribution >= 4 is 17.5 Å². The number of carbonyl (C=O) groups excluding carboxylic acids is 2. The summed E-state index contributed by atoms with van der Waals surface area (Å²) in [5.41, 5.74) is 2.78. The van der Waals surface area contributed by atoms with Crippen molar-refractivity contribution in [3.63, 3.8) is 0 Å². The van der Waals surface area contributed by atoms with Crippen molar-refractivity contribution < 1.29 is 14.7 Å². The van der Waals surface area contributed by atoms with Gasteiger partial charge in [-0.25, -0.2) is 0 Å². The molecule has 5 heteroatoms. The van der Waals surface area contributed by atoms with E-state index in [4.69, 9.17) is 0 Å². The van der Waals surface area contributed by atoms with Crippen LogP contribution in [0, 0.1) is 5.41 Å². The third-order valence-corrected chi connectivity index (χ3v) is 4.01. The topological polar surface area (TPSA) is 78.4 Å². The van der Waals surface area contributed by atoms with E-state index in [0.717, 1.165) is 12.8 Å². The number of amides is 2. The number of aliphatic hydroxyl groups is 1. The number of hydrogen-bond acceptors (Lipinski definition) is 3. The molecule has 5 nitrogen and oxygen atoms in total. The molecule has 1 rings (SSSR count). The molecule has 0 aliphatic carbocycles. The van der Waals surface area contributed by atoms with Gasteiger partial charge in [0.1, 0.15) is 0 Å². The first-order chi connectivity index (χ1) is 11.2. The molecule has 1 aromatic carbocycles. The maximum atomic E-state index is 12.0. The fourth-order valence-corrected chi connectivity index (χ4v) is 2.84. The lowest BCUT2D eigenvalue weighted by Gasteiger charge is -2.26. The minimum Gasteiger partial charge on any atom is -0.393 e. The summed E-state index contributed by atoms with van der Waals surface area (Å²) in [5, 5.41) is 14.7. The predicted molar refractivity (Wildman–Crippen MR) is 96.9 cm³/mol. The van der Waals surface area contributed by atoms with Gasteiger partial charge >= 0.3 is 11.8 Å². The average Bonchev–Trinajstić information content (AvgIpc) is 2.51. The average molecular weight is 334 g/mol. The summed E-state index contributed by atoms with van der Waals surface area (Å²) in [7, 11) is 0. The molecule has 134 valence electrons. The number of hydrogen-bond donors (Lipinski definition) is 3. The van der Waals surface area contributed by atoms with Gasteiger partial charge in [0.25, 0.3) is 0 Å². The van der Waals surface area contributed by atoms with Crippen LogP contribution in [0.4, 0.5) is 5.69 Å². The lowest BCUT2D eigenvalue weighted by Crippen LogP contribution is -2.41. The van der Waals surface area contributed by atoms with Crippen LogP contribution in [0.1, 0.15) is 52.2 Å². The lowest BCUT2D eigenvalue weighted by molar-refractivity contribution is -0.136. The maximum absolute atomic E-state index is 12.0. The quantitative estimate of drug-likeness (QED) is 0.671. The second-order valence-electron chi connectivity index (χ2n) is 7.04. The number of nitrogens with one attached hydrogen (secondary N) is 2. The van der Waals surface area contributed by atoms with E-state index in [-0.39, 0.29) is 5.41 Å². The highest BCUT2D eigenvalue weighted by molar-refractivity contribution is 6.39. The Morgan fingerprint density at radius 3 is 2.29 bits per heavy atom. The Labute approximate surface area is 144 Å². The summed E-state index contributed by atoms with van der Waals surface area (Å²) >= 11 is 0. The summed E-state index contributed by atoms with van der Waals surface area (Å²) in [6.45, 7) is 10.1. The monoisotopic (exact) mass is 334 g/mol. The standard InChI is InChI=1S/C19H30N2O3/c1-6-14-8-9-16(10-15(14)7-2)21-18(24)17(23)20-12-19(4,5)11-13(3)22/h8-10,13,22H,6-7,11-12H2,1-5H3,(H,20,23)(H,21,24). The van der Waals surface area contributed by atoms with Gasteiger partial charge in [-0.05, 0) is 54.9 Å². The van der Waals surface area contributed by atoms with Crippen LogP contribution in [0.2, 0.25) is 0 Å². The van der Waals surface area contributed by atoms with Crippen molar-refractivity contribution in [2.24, 2.45) is 5.41 Å². The van der Waals surface area contributed by atoms with E-state index in [9.17, 15) is 14.7 Å². The highest BCUT2D eigenvalue weighted by Crippen LogP contribution is 2.21. The molecule has 24 heavy (non-hydrogen) atoms. The third-order valence-electron chi connectivity index (χ3n) is 4.01. The van der Waals surface area contributed by atoms with Crippen LogP contribution in [0.25, 0.3) is 0 Å². The van der Waals surface area contributed by atoms with Gasteiger partial charge in [-0.1, -0.05) is 33.8 Å². The van der Waals surface area contributed by atoms with Crippen LogP contribution in [0.5, 0.6) is 0 Å². The maximum Gasteiger partial charge on any atom is 0.313 e. The lowest BCUT2D eigenvalue weighted by atomic mass is 9.87. The number of anilines is 1. The Morgan fingerprint density at radius 1 is 1.12 bits per heavy atom. The molecule has 0 aliphatic rings. The van der Waals surface area contributed by atoms with E-state index < -0.39 is 17.9 Å². The Hall–Kier alpha value is -1.88. The summed E-state index contributed by atoms with van der Waals surface area (Å²) in [6, 6.07) is 5.72. The minimum atomic E-state index is -0.672. The van der Waals surface area contributed by atoms with Gasteiger partial charge in [0.15, 0.2) is 0 Å². The molecular weight excluding hydrogens is 304 g/mol. The fourth-order valence-electron chi connectivity index (χ4n) is 2.84. The second-order valence-corrected chi connectivity index (χ2v) is 7.04. The molecule has 0 bridgehead atoms. The molecule has 0 heterocycles. The molecule has 0 radical (unpaired) electrons. The number of aliphatic hydroxyl groups excluding tert-OH is 1. The van der Waals surface area contributed by atoms with Gasteiger partial charge < -0.3 is 15.7 Å². The molecule has 1 atom stereocenters. The van der Waals surface area contributed by atoms with Gasteiger partial charge in [0, 0.05) is 12.2 Å². The zero-order chi connectivity index (χ0) is 18.3. The Kier molecular flexibility index (Phi) is 7.42. The van der Waals surface area contributed by atoms with Crippen LogP contribution < -0.4 is 10.6 Å². The molecular formula is C19H30N2O3. The first kappa shape index (κ1) is 20.2. The van der Waals surface area contributed by atoms with Crippen molar-refractivity contribution in [1.82, 2.24) is 5.32 Å². The number of benzene rings is 1. The molecule has 1 aromatic rings. The molecule has 1 unspecified atom stereocenters. The SMILES string of the molecule is CCc1ccc(NC(=O)C(=O)NCC(C)(C)CC(C)O)cc1CC. The van der Waals surface area contributed by atoms with E-state index in [1.807, 2.05) is 32.0 Å². The normalized spacial score (nSPS) is 12.6. The number of aryl methyl sites for hydroxylation is 2. The van der Waals surface area contributed by atoms with Crippen LogP contribution in [-0.2, 0) is 22.4 Å². The fraction of sp³-hybridized carbons (Fsp3) is 0.579. The van der Waals surface area contributed by atoms with Crippen molar-refractivity contribution in [1.29, 1.82) is 0 Å². The summed E-state index contributed by atoms with van der Waals surface area (Å²) in [4.78, 5) is 24.0. The van der Waals surface area contributed by atoms with E-state index in [2.05, 4.69) is 24.5 Å². The molecule has 0 saturated heterocycles. The van der Waals surface area contributed by atoms with E-state index in [0.29, 0.717) is 18.7 Å². The minimum absolute atomic E-state index is 0.276. The molecule has 0 aliphatic heterocycles. The van der Waals surface area contributed by atoms with E-state index in [1.54, 1.807) is 6.92 Å². The molecule has 3 N–H and O–H groups in total. The molecule has 0 spiro atoms. The first-order valence-corrected chi connectivity index (χ1v) is 8.57. The third kappa shape index (κ3) is 6.32. The van der Waals surface area contributed by atoms with E-state index >= 15 is 0 Å². The van der Waals surface area contributed by atoms with Gasteiger partial charge in [0.2, 0.25) is 0 Å². The predicted octanol–water partition coefficient (Wildman–Crippen LogP) is 2.66. The Balaban J connectivity index is 2.63. The van der Waals surface area contributed by atoms with Gasteiger partial charge in [0.05, 0.1) is 6.10 Å². The van der Waals surface area contributed by atoms with Crippen molar-refractivity contribution in [3.8, 4) is 0 Å². The Morgan fingerprint density at radius 2 is 1.75 bits per heavy atom. The zero-order valence-electron chi connectivity index (χ0n) is 15.4. The second kappa shape index (κ2) is 8.83. The molecule has 0 aromatic heterocycles. The van der Waals surface area contributed by atoms with Gasteiger partial charge in [-0.15, -0.1) is 0 Å². The summed E-state index contributed by atoms with van der Waals surface area (Å²) < 4.78 is 0. The summed E-state index contributed by atoms with van der Waals surface area (Å²) in [5.74, 6) is -1.33. The molecule has 0 saturated carbocycles. The van der Waals surface area contributed by atoms with Crippen molar-refractivity contribution in [2.45, 2.75) is 60.0 Å². The molecule has 2 amide bonds. The smallest absolute Gasteiger partial charge is 0.313 e. The number of rotatable bonds is 7. The summed E-state index contributed by atoms with van der Waals surface area (Å²) in [6.07, 6.45) is 1.92. The van der Waals surface area contributed by atoms with Crippen LogP contribution in [0.15, 0.2) is 18.2 Å². The van der Waals surface area contributed by atoms with Crippen molar-refractivity contribution in [3.05, 3.63) is 29.3 Å². The van der Waals surface area contributed by atoms with Crippen LogP contribution in [0.3, 0.4) is 0 Å². The number of carbonyl (C=O) groups is 2.